The van der Waals surface area contributed by atoms with Crippen molar-refractivity contribution in [1.29, 1.82) is 0 Å². The van der Waals surface area contributed by atoms with Gasteiger partial charge in [0, 0.05) is 0 Å². The second-order valence-electron chi connectivity index (χ2n) is 12.7. The average Bonchev–Trinajstić information content (AvgIpc) is 2.39. The van der Waals surface area contributed by atoms with Gasteiger partial charge >= 0.3 is 226 Å². The first-order valence-electron chi connectivity index (χ1n) is 10.9. The van der Waals surface area contributed by atoms with Gasteiger partial charge in [0.25, 0.3) is 0 Å². The van der Waals surface area contributed by atoms with Crippen LogP contribution in [-0.2, 0) is 8.29 Å². The third-order valence-corrected chi connectivity index (χ3v) is 58.8. The molecule has 0 bridgehead atoms. The van der Waals surface area contributed by atoms with E-state index in [0.717, 1.165) is 22.8 Å². The molecule has 0 spiro atoms. The third-order valence-electron chi connectivity index (χ3n) is 5.34. The minimum atomic E-state index is -2.66. The SMILES string of the molecule is CC(C)(C)[N]([SnH])[Si](C)(C)[O][SnH][N](C(C)(C)C)[Si](C)(C)[O][SnH]1[O][Si](C)(C)[N]1C(C)(C)C. The van der Waals surface area contributed by atoms with Gasteiger partial charge in [-0.2, -0.15) is 0 Å². The molecule has 1 unspecified atom stereocenters. The number of rotatable bonds is 7. The van der Waals surface area contributed by atoms with Gasteiger partial charge in [-0.1, -0.05) is 0 Å². The van der Waals surface area contributed by atoms with E-state index in [4.69, 9.17) is 8.29 Å². The number of hydrogen-bond donors (Lipinski definition) is 0. The Morgan fingerprint density at radius 1 is 0.900 bits per heavy atom. The molecule has 1 atom stereocenters. The average molecular weight is 795 g/mol. The molecule has 0 aromatic carbocycles. The van der Waals surface area contributed by atoms with Crippen LogP contribution in [0, 0.1) is 0 Å². The van der Waals surface area contributed by atoms with Crippen LogP contribution in [0.5, 0.6) is 0 Å². The van der Waals surface area contributed by atoms with Crippen molar-refractivity contribution < 1.29 is 8.29 Å². The Labute approximate surface area is 223 Å². The van der Waals surface area contributed by atoms with Crippen LogP contribution in [0.15, 0.2) is 0 Å². The molecule has 6 nitrogen and oxygen atoms in total. The van der Waals surface area contributed by atoms with E-state index in [0.29, 0.717) is 0 Å². The van der Waals surface area contributed by atoms with Gasteiger partial charge in [0.15, 0.2) is 0 Å². The van der Waals surface area contributed by atoms with Crippen LogP contribution in [-0.4, -0.2) is 116 Å². The van der Waals surface area contributed by atoms with Crippen molar-refractivity contribution in [2.75, 3.05) is 0 Å². The van der Waals surface area contributed by atoms with Gasteiger partial charge in [-0.3, -0.25) is 0 Å². The van der Waals surface area contributed by atoms with Crippen LogP contribution < -0.4 is 0 Å². The first-order valence-corrected chi connectivity index (χ1v) is 28.0. The third kappa shape index (κ3) is 7.91. The van der Waals surface area contributed by atoms with Gasteiger partial charge < -0.3 is 0 Å². The van der Waals surface area contributed by atoms with E-state index in [-0.39, 0.29) is 16.6 Å². The van der Waals surface area contributed by atoms with E-state index in [1.54, 1.807) is 0 Å². The Bertz CT molecular complexity index is 595. The molecule has 1 aliphatic heterocycles. The molecule has 0 amide bonds. The zero-order valence-corrected chi connectivity index (χ0v) is 35.2. The first kappa shape index (κ1) is 30.8. The fourth-order valence-corrected chi connectivity index (χ4v) is 46.8. The van der Waals surface area contributed by atoms with Crippen LogP contribution in [0.4, 0.5) is 0 Å². The fourth-order valence-electron chi connectivity index (χ4n) is 4.20. The van der Waals surface area contributed by atoms with Gasteiger partial charge in [0.2, 0.25) is 0 Å². The van der Waals surface area contributed by atoms with E-state index >= 15 is 0 Å². The predicted molar refractivity (Wildman–Crippen MR) is 142 cm³/mol. The van der Waals surface area contributed by atoms with E-state index < -0.39 is 68.1 Å². The van der Waals surface area contributed by atoms with Gasteiger partial charge in [-0.25, -0.2) is 0 Å². The fraction of sp³-hybridized carbons (Fsp3) is 1.00. The molecule has 3 radical (unpaired) electrons. The van der Waals surface area contributed by atoms with E-state index in [9.17, 15) is 0 Å². The molecular weight excluding hydrogens is 747 g/mol. The summed E-state index contributed by atoms with van der Waals surface area (Å²) in [5.41, 5.74) is 0.377. The summed E-state index contributed by atoms with van der Waals surface area (Å²) in [6, 6.07) is 0. The van der Waals surface area contributed by atoms with Crippen molar-refractivity contribution in [3.63, 3.8) is 0 Å². The molecule has 1 aliphatic rings. The summed E-state index contributed by atoms with van der Waals surface area (Å²) in [4.78, 5) is 0. The molecule has 0 aromatic heterocycles. The minimum absolute atomic E-state index is 0.0629. The summed E-state index contributed by atoms with van der Waals surface area (Å²) >= 11 is -3.02. The van der Waals surface area contributed by atoms with Crippen molar-refractivity contribution in [3.8, 4) is 0 Å². The number of nitrogens with zero attached hydrogens (tertiary/aromatic N) is 3. The Morgan fingerprint density at radius 3 is 1.70 bits per heavy atom. The first-order chi connectivity index (χ1) is 12.9. The van der Waals surface area contributed by atoms with E-state index in [1.165, 1.54) is 0 Å². The maximum absolute atomic E-state index is 7.02. The van der Waals surface area contributed by atoms with Crippen LogP contribution >= 0.6 is 0 Å². The molecule has 30 heavy (non-hydrogen) atoms. The molecule has 1 heterocycles. The summed E-state index contributed by atoms with van der Waals surface area (Å²) in [6.07, 6.45) is 0. The summed E-state index contributed by atoms with van der Waals surface area (Å²) < 4.78 is 28.5. The second-order valence-corrected chi connectivity index (χ2v) is 40.8. The summed E-state index contributed by atoms with van der Waals surface area (Å²) in [5, 5.41) is 0. The monoisotopic (exact) mass is 798 g/mol. The van der Waals surface area contributed by atoms with Crippen molar-refractivity contribution in [3.05, 3.63) is 0 Å². The normalized spacial score (nSPS) is 22.0. The van der Waals surface area contributed by atoms with Crippen molar-refractivity contribution >= 4 is 90.9 Å². The summed E-state index contributed by atoms with van der Waals surface area (Å²) in [5.74, 6) is 0. The molecular formula is C18H48N3O3Si3Sn3. The second kappa shape index (κ2) is 10.0. The van der Waals surface area contributed by atoms with Gasteiger partial charge in [-0.05, 0) is 0 Å². The Kier molecular flexibility index (Phi) is 10.3. The molecule has 1 fully saturated rings. The topological polar surface area (TPSA) is 37.4 Å². The molecule has 0 aliphatic carbocycles. The maximum atomic E-state index is 7.02. The standard InChI is InChI=1S/3C6H15NOSi.3Sn.3H/c3*1-6(2,3)7-9(4,5)8;;;;;;/h3*1-5H3;;;;;;/q3*-2;+1;+2;+3;;;. The molecule has 0 saturated carbocycles. The number of hydrogen-bond acceptors (Lipinski definition) is 6. The van der Waals surface area contributed by atoms with Crippen LogP contribution in [0.25, 0.3) is 0 Å². The molecule has 0 aromatic rings. The molecule has 0 N–H and O–H groups in total. The van der Waals surface area contributed by atoms with Crippen molar-refractivity contribution in [2.45, 2.75) is 118 Å². The molecule has 1 saturated heterocycles. The van der Waals surface area contributed by atoms with Gasteiger partial charge in [-0.15, -0.1) is 0 Å². The quantitative estimate of drug-likeness (QED) is 0.369. The zero-order chi connectivity index (χ0) is 24.1. The van der Waals surface area contributed by atoms with E-state index in [1.807, 2.05) is 0 Å². The van der Waals surface area contributed by atoms with Gasteiger partial charge in [0.1, 0.15) is 0 Å². The van der Waals surface area contributed by atoms with Crippen LogP contribution in [0.1, 0.15) is 62.3 Å². The van der Waals surface area contributed by atoms with Crippen molar-refractivity contribution in [1.82, 2.24) is 8.36 Å². The molecule has 12 heteroatoms. The Morgan fingerprint density at radius 2 is 1.37 bits per heavy atom. The van der Waals surface area contributed by atoms with E-state index in [2.05, 4.69) is 110 Å². The van der Waals surface area contributed by atoms with Gasteiger partial charge in [0.05, 0.1) is 0 Å². The zero-order valence-electron chi connectivity index (χ0n) is 22.3. The Hall–Kier alpha value is 2.81. The predicted octanol–water partition coefficient (Wildman–Crippen LogP) is 3.26. The Balaban J connectivity index is 3.03. The molecule has 177 valence electrons. The molecule has 1 rings (SSSR count). The van der Waals surface area contributed by atoms with Crippen LogP contribution in [0.2, 0.25) is 39.3 Å². The summed E-state index contributed by atoms with van der Waals surface area (Å²) in [6.45, 7) is 35.0. The summed E-state index contributed by atoms with van der Waals surface area (Å²) in [7, 11) is -5.74. The van der Waals surface area contributed by atoms with Crippen molar-refractivity contribution in [2.24, 2.45) is 0 Å². The van der Waals surface area contributed by atoms with Crippen LogP contribution in [0.3, 0.4) is 0 Å².